The SMILES string of the molecule is COc1ccc2c(c1)Sc1cccc(Cl)c1N2. The van der Waals surface area contributed by atoms with Gasteiger partial charge >= 0.3 is 0 Å². The molecule has 0 spiro atoms. The number of fused-ring (bicyclic) bond motifs is 2. The Kier molecular flexibility index (Phi) is 2.65. The molecule has 0 fully saturated rings. The van der Waals surface area contributed by atoms with E-state index in [9.17, 15) is 0 Å². The summed E-state index contributed by atoms with van der Waals surface area (Å²) in [6.45, 7) is 0. The normalized spacial score (nSPS) is 12.4. The molecule has 1 heterocycles. The van der Waals surface area contributed by atoms with Gasteiger partial charge in [0.1, 0.15) is 5.75 Å². The fourth-order valence-corrected chi connectivity index (χ4v) is 3.11. The van der Waals surface area contributed by atoms with Gasteiger partial charge in [-0.2, -0.15) is 0 Å². The zero-order chi connectivity index (χ0) is 11.8. The monoisotopic (exact) mass is 263 g/mol. The quantitative estimate of drug-likeness (QED) is 0.696. The summed E-state index contributed by atoms with van der Waals surface area (Å²) in [5, 5.41) is 4.10. The van der Waals surface area contributed by atoms with Crippen molar-refractivity contribution in [2.75, 3.05) is 12.4 Å². The highest BCUT2D eigenvalue weighted by Gasteiger charge is 2.17. The molecule has 0 bridgehead atoms. The van der Waals surface area contributed by atoms with E-state index in [4.69, 9.17) is 16.3 Å². The van der Waals surface area contributed by atoms with Crippen LogP contribution in [-0.2, 0) is 0 Å². The minimum Gasteiger partial charge on any atom is -0.497 e. The van der Waals surface area contributed by atoms with Gasteiger partial charge in [0.05, 0.1) is 23.5 Å². The van der Waals surface area contributed by atoms with Crippen molar-refractivity contribution < 1.29 is 4.74 Å². The molecular formula is C13H10ClNOS. The van der Waals surface area contributed by atoms with Crippen molar-refractivity contribution >= 4 is 34.7 Å². The Morgan fingerprint density at radius 1 is 1.18 bits per heavy atom. The minimum absolute atomic E-state index is 0.747. The van der Waals surface area contributed by atoms with Gasteiger partial charge in [0.15, 0.2) is 0 Å². The van der Waals surface area contributed by atoms with Crippen LogP contribution in [0.3, 0.4) is 0 Å². The van der Waals surface area contributed by atoms with Gasteiger partial charge in [-0.3, -0.25) is 0 Å². The average molecular weight is 264 g/mol. The van der Waals surface area contributed by atoms with Crippen LogP contribution in [-0.4, -0.2) is 7.11 Å². The third kappa shape index (κ3) is 1.85. The molecule has 2 aromatic rings. The van der Waals surface area contributed by atoms with E-state index in [2.05, 4.69) is 11.4 Å². The van der Waals surface area contributed by atoms with Gasteiger partial charge in [0.25, 0.3) is 0 Å². The van der Waals surface area contributed by atoms with Crippen molar-refractivity contribution in [3.05, 3.63) is 41.4 Å². The molecule has 2 aromatic carbocycles. The van der Waals surface area contributed by atoms with E-state index in [0.717, 1.165) is 31.9 Å². The molecule has 2 nitrogen and oxygen atoms in total. The number of halogens is 1. The van der Waals surface area contributed by atoms with Gasteiger partial charge in [-0.1, -0.05) is 29.4 Å². The molecule has 0 unspecified atom stereocenters. The summed E-state index contributed by atoms with van der Waals surface area (Å²) in [5.41, 5.74) is 2.05. The summed E-state index contributed by atoms with van der Waals surface area (Å²) >= 11 is 7.87. The number of benzene rings is 2. The minimum atomic E-state index is 0.747. The lowest BCUT2D eigenvalue weighted by molar-refractivity contribution is 0.414. The lowest BCUT2D eigenvalue weighted by Crippen LogP contribution is -2.00. The second-order valence-electron chi connectivity index (χ2n) is 3.70. The van der Waals surface area contributed by atoms with Crippen molar-refractivity contribution in [3.63, 3.8) is 0 Å². The number of hydrogen-bond acceptors (Lipinski definition) is 3. The fraction of sp³-hybridized carbons (Fsp3) is 0.0769. The van der Waals surface area contributed by atoms with Crippen LogP contribution in [0.4, 0.5) is 11.4 Å². The maximum Gasteiger partial charge on any atom is 0.120 e. The Morgan fingerprint density at radius 2 is 2.06 bits per heavy atom. The van der Waals surface area contributed by atoms with Gasteiger partial charge in [-0.05, 0) is 30.3 Å². The van der Waals surface area contributed by atoms with Crippen molar-refractivity contribution in [2.24, 2.45) is 0 Å². The summed E-state index contributed by atoms with van der Waals surface area (Å²) in [6.07, 6.45) is 0. The summed E-state index contributed by atoms with van der Waals surface area (Å²) in [6, 6.07) is 11.9. The molecule has 4 heteroatoms. The maximum absolute atomic E-state index is 6.17. The Morgan fingerprint density at radius 3 is 2.88 bits per heavy atom. The fourth-order valence-electron chi connectivity index (χ4n) is 1.78. The third-order valence-electron chi connectivity index (χ3n) is 2.64. The average Bonchev–Trinajstić information content (AvgIpc) is 2.36. The second-order valence-corrected chi connectivity index (χ2v) is 5.19. The van der Waals surface area contributed by atoms with Crippen LogP contribution in [0, 0.1) is 0 Å². The molecule has 0 saturated heterocycles. The van der Waals surface area contributed by atoms with Crippen LogP contribution in [0.5, 0.6) is 5.75 Å². The third-order valence-corrected chi connectivity index (χ3v) is 4.08. The molecule has 0 atom stereocenters. The Hall–Kier alpha value is -1.32. The van der Waals surface area contributed by atoms with Gasteiger partial charge in [-0.25, -0.2) is 0 Å². The van der Waals surface area contributed by atoms with Crippen LogP contribution in [0.2, 0.25) is 5.02 Å². The number of para-hydroxylation sites is 1. The van der Waals surface area contributed by atoms with Crippen molar-refractivity contribution in [1.82, 2.24) is 0 Å². The molecule has 3 rings (SSSR count). The molecule has 0 saturated carbocycles. The van der Waals surface area contributed by atoms with E-state index in [-0.39, 0.29) is 0 Å². The highest BCUT2D eigenvalue weighted by molar-refractivity contribution is 7.99. The van der Waals surface area contributed by atoms with Crippen LogP contribution in [0.1, 0.15) is 0 Å². The lowest BCUT2D eigenvalue weighted by Gasteiger charge is -2.21. The molecule has 1 aliphatic heterocycles. The van der Waals surface area contributed by atoms with E-state index >= 15 is 0 Å². The number of anilines is 2. The maximum atomic E-state index is 6.17. The van der Waals surface area contributed by atoms with E-state index in [1.54, 1.807) is 18.9 Å². The molecule has 0 aromatic heterocycles. The Bertz CT molecular complexity index is 586. The second kappa shape index (κ2) is 4.17. The summed E-state index contributed by atoms with van der Waals surface area (Å²) in [5.74, 6) is 0.864. The molecule has 86 valence electrons. The van der Waals surface area contributed by atoms with Crippen molar-refractivity contribution in [3.8, 4) is 5.75 Å². The van der Waals surface area contributed by atoms with E-state index in [0.29, 0.717) is 0 Å². The lowest BCUT2D eigenvalue weighted by atomic mass is 10.2. The number of ether oxygens (including phenoxy) is 1. The molecule has 1 aliphatic rings. The molecule has 0 amide bonds. The molecule has 17 heavy (non-hydrogen) atoms. The van der Waals surface area contributed by atoms with Crippen LogP contribution >= 0.6 is 23.4 Å². The first-order valence-electron chi connectivity index (χ1n) is 5.19. The van der Waals surface area contributed by atoms with Gasteiger partial charge < -0.3 is 10.1 Å². The Balaban J connectivity index is 2.08. The highest BCUT2D eigenvalue weighted by Crippen LogP contribution is 2.47. The van der Waals surface area contributed by atoms with E-state index in [1.807, 2.05) is 30.3 Å². The van der Waals surface area contributed by atoms with E-state index in [1.165, 1.54) is 0 Å². The Labute approximate surface area is 109 Å². The highest BCUT2D eigenvalue weighted by atomic mass is 35.5. The van der Waals surface area contributed by atoms with Crippen LogP contribution < -0.4 is 10.1 Å². The predicted octanol–water partition coefficient (Wildman–Crippen LogP) is 4.56. The first kappa shape index (κ1) is 10.8. The summed E-state index contributed by atoms with van der Waals surface area (Å²) < 4.78 is 5.22. The smallest absolute Gasteiger partial charge is 0.120 e. The number of nitrogens with one attached hydrogen (secondary N) is 1. The first-order chi connectivity index (χ1) is 8.28. The van der Waals surface area contributed by atoms with Crippen LogP contribution in [0.25, 0.3) is 0 Å². The van der Waals surface area contributed by atoms with Gasteiger partial charge in [0.2, 0.25) is 0 Å². The van der Waals surface area contributed by atoms with Crippen LogP contribution in [0.15, 0.2) is 46.2 Å². The molecule has 0 aliphatic carbocycles. The topological polar surface area (TPSA) is 21.3 Å². The van der Waals surface area contributed by atoms with Crippen molar-refractivity contribution in [1.29, 1.82) is 0 Å². The summed E-state index contributed by atoms with van der Waals surface area (Å²) in [7, 11) is 1.67. The standard InChI is InChI=1S/C13H10ClNOS/c1-16-8-5-6-10-12(7-8)17-11-4-2-3-9(14)13(11)15-10/h2-7,15H,1H3. The summed E-state index contributed by atoms with van der Waals surface area (Å²) in [4.78, 5) is 2.29. The van der Waals surface area contributed by atoms with E-state index < -0.39 is 0 Å². The van der Waals surface area contributed by atoms with Gasteiger partial charge in [-0.15, -0.1) is 0 Å². The predicted molar refractivity (Wildman–Crippen MR) is 71.9 cm³/mol. The number of rotatable bonds is 1. The van der Waals surface area contributed by atoms with Gasteiger partial charge in [0, 0.05) is 9.79 Å². The number of hydrogen-bond donors (Lipinski definition) is 1. The molecule has 1 N–H and O–H groups in total. The number of methoxy groups -OCH3 is 1. The first-order valence-corrected chi connectivity index (χ1v) is 6.39. The van der Waals surface area contributed by atoms with Crippen molar-refractivity contribution in [2.45, 2.75) is 9.79 Å². The zero-order valence-electron chi connectivity index (χ0n) is 9.16. The zero-order valence-corrected chi connectivity index (χ0v) is 10.7. The molecular weight excluding hydrogens is 254 g/mol. The molecule has 0 radical (unpaired) electrons. The largest absolute Gasteiger partial charge is 0.497 e.